The van der Waals surface area contributed by atoms with E-state index in [9.17, 15) is 0 Å². The first kappa shape index (κ1) is 17.2. The molecular formula is C15H24ClN3S. The lowest BCUT2D eigenvalue weighted by Gasteiger charge is -2.29. The molecule has 0 saturated heterocycles. The molecule has 3 nitrogen and oxygen atoms in total. The third-order valence-electron chi connectivity index (χ3n) is 2.99. The highest BCUT2D eigenvalue weighted by molar-refractivity contribution is 7.80. The summed E-state index contributed by atoms with van der Waals surface area (Å²) in [5, 5.41) is 7.84. The van der Waals surface area contributed by atoms with Crippen LogP contribution in [0.15, 0.2) is 18.2 Å². The standard InChI is InChI=1S/C15H24ClN3S/c1-11-12(16)7-6-8-13(11)18-14(20)17-9-15(2,3)10-19(4)5/h6-8H,9-10H2,1-5H3,(H2,17,18,20). The molecule has 0 saturated carbocycles. The van der Waals surface area contributed by atoms with Gasteiger partial charge in [0.05, 0.1) is 0 Å². The highest BCUT2D eigenvalue weighted by atomic mass is 35.5. The molecule has 0 bridgehead atoms. The van der Waals surface area contributed by atoms with Crippen molar-refractivity contribution in [2.75, 3.05) is 32.5 Å². The first-order chi connectivity index (χ1) is 9.21. The second-order valence-electron chi connectivity index (χ2n) is 6.12. The molecule has 1 rings (SSSR count). The topological polar surface area (TPSA) is 27.3 Å². The highest BCUT2D eigenvalue weighted by Gasteiger charge is 2.19. The van der Waals surface area contributed by atoms with Gasteiger partial charge in [-0.1, -0.05) is 31.5 Å². The summed E-state index contributed by atoms with van der Waals surface area (Å²) < 4.78 is 0. The molecule has 0 aliphatic rings. The molecule has 0 fully saturated rings. The largest absolute Gasteiger partial charge is 0.362 e. The average molecular weight is 314 g/mol. The number of hydrogen-bond acceptors (Lipinski definition) is 2. The SMILES string of the molecule is Cc1c(Cl)cccc1NC(=S)NCC(C)(C)CN(C)C. The van der Waals surface area contributed by atoms with Crippen LogP contribution in [0.3, 0.4) is 0 Å². The van der Waals surface area contributed by atoms with Crippen molar-refractivity contribution in [3.8, 4) is 0 Å². The summed E-state index contributed by atoms with van der Waals surface area (Å²) in [6.07, 6.45) is 0. The van der Waals surface area contributed by atoms with Gasteiger partial charge in [-0.2, -0.15) is 0 Å². The van der Waals surface area contributed by atoms with Crippen LogP contribution in [0.25, 0.3) is 0 Å². The van der Waals surface area contributed by atoms with Gasteiger partial charge in [0.2, 0.25) is 0 Å². The third-order valence-corrected chi connectivity index (χ3v) is 3.64. The van der Waals surface area contributed by atoms with Crippen molar-refractivity contribution >= 4 is 34.6 Å². The first-order valence-electron chi connectivity index (χ1n) is 6.66. The first-order valence-corrected chi connectivity index (χ1v) is 7.44. The van der Waals surface area contributed by atoms with E-state index in [4.69, 9.17) is 23.8 Å². The minimum atomic E-state index is 0.151. The van der Waals surface area contributed by atoms with Crippen molar-refractivity contribution in [1.29, 1.82) is 0 Å². The molecule has 0 amide bonds. The second-order valence-corrected chi connectivity index (χ2v) is 6.94. The number of benzene rings is 1. The van der Waals surface area contributed by atoms with E-state index in [1.54, 1.807) is 0 Å². The van der Waals surface area contributed by atoms with E-state index in [-0.39, 0.29) is 5.41 Å². The Hall–Kier alpha value is -0.840. The van der Waals surface area contributed by atoms with Crippen LogP contribution in [0.4, 0.5) is 5.69 Å². The summed E-state index contributed by atoms with van der Waals surface area (Å²) in [7, 11) is 4.15. The predicted octanol–water partition coefficient (Wildman–Crippen LogP) is 3.52. The Bertz CT molecular complexity index is 472. The minimum Gasteiger partial charge on any atom is -0.362 e. The average Bonchev–Trinajstić information content (AvgIpc) is 2.31. The van der Waals surface area contributed by atoms with E-state index < -0.39 is 0 Å². The Labute approximate surface area is 132 Å². The van der Waals surface area contributed by atoms with E-state index in [0.717, 1.165) is 29.4 Å². The van der Waals surface area contributed by atoms with E-state index in [0.29, 0.717) is 5.11 Å². The third kappa shape index (κ3) is 5.65. The van der Waals surface area contributed by atoms with Gasteiger partial charge in [0, 0.05) is 23.8 Å². The summed E-state index contributed by atoms with van der Waals surface area (Å²) in [5.41, 5.74) is 2.10. The summed E-state index contributed by atoms with van der Waals surface area (Å²) >= 11 is 11.4. The molecule has 0 atom stereocenters. The molecular weight excluding hydrogens is 290 g/mol. The fraction of sp³-hybridized carbons (Fsp3) is 0.533. The zero-order chi connectivity index (χ0) is 15.3. The van der Waals surface area contributed by atoms with Gasteiger partial charge in [-0.25, -0.2) is 0 Å². The second kappa shape index (κ2) is 7.25. The predicted molar refractivity (Wildman–Crippen MR) is 92.7 cm³/mol. The Morgan fingerprint density at radius 1 is 1.35 bits per heavy atom. The molecule has 0 aromatic heterocycles. The fourth-order valence-corrected chi connectivity index (χ4v) is 2.50. The van der Waals surface area contributed by atoms with Crippen LogP contribution in [0.5, 0.6) is 0 Å². The van der Waals surface area contributed by atoms with Gasteiger partial charge in [-0.05, 0) is 56.3 Å². The van der Waals surface area contributed by atoms with Gasteiger partial charge in [-0.15, -0.1) is 0 Å². The summed E-state index contributed by atoms with van der Waals surface area (Å²) in [6, 6.07) is 5.76. The number of halogens is 1. The zero-order valence-corrected chi connectivity index (χ0v) is 14.5. The van der Waals surface area contributed by atoms with E-state index >= 15 is 0 Å². The molecule has 20 heavy (non-hydrogen) atoms. The minimum absolute atomic E-state index is 0.151. The Balaban J connectivity index is 2.54. The van der Waals surface area contributed by atoms with Crippen LogP contribution >= 0.6 is 23.8 Å². The molecule has 0 spiro atoms. The number of hydrogen-bond donors (Lipinski definition) is 2. The van der Waals surface area contributed by atoms with Gasteiger partial charge in [-0.3, -0.25) is 0 Å². The highest BCUT2D eigenvalue weighted by Crippen LogP contribution is 2.23. The fourth-order valence-electron chi connectivity index (χ4n) is 2.14. The maximum Gasteiger partial charge on any atom is 0.170 e. The number of anilines is 1. The summed E-state index contributed by atoms with van der Waals surface area (Å²) in [4.78, 5) is 2.18. The quantitative estimate of drug-likeness (QED) is 0.813. The molecule has 0 unspecified atom stereocenters. The lowest BCUT2D eigenvalue weighted by molar-refractivity contribution is 0.242. The lowest BCUT2D eigenvalue weighted by atomic mass is 9.93. The molecule has 112 valence electrons. The van der Waals surface area contributed by atoms with E-state index in [2.05, 4.69) is 43.5 Å². The number of thiocarbonyl (C=S) groups is 1. The molecule has 0 aliphatic heterocycles. The van der Waals surface area contributed by atoms with Gasteiger partial charge in [0.1, 0.15) is 0 Å². The van der Waals surface area contributed by atoms with Gasteiger partial charge >= 0.3 is 0 Å². The molecule has 0 radical (unpaired) electrons. The molecule has 0 aliphatic carbocycles. The van der Waals surface area contributed by atoms with E-state index in [1.165, 1.54) is 0 Å². The smallest absolute Gasteiger partial charge is 0.170 e. The van der Waals surface area contributed by atoms with Crippen LogP contribution < -0.4 is 10.6 Å². The van der Waals surface area contributed by atoms with Crippen LogP contribution in [0.2, 0.25) is 5.02 Å². The van der Waals surface area contributed by atoms with Crippen molar-refractivity contribution in [2.45, 2.75) is 20.8 Å². The Morgan fingerprint density at radius 3 is 2.60 bits per heavy atom. The summed E-state index contributed by atoms with van der Waals surface area (Å²) in [5.74, 6) is 0. The van der Waals surface area contributed by atoms with Crippen LogP contribution in [-0.2, 0) is 0 Å². The van der Waals surface area contributed by atoms with Crippen LogP contribution in [0, 0.1) is 12.3 Å². The van der Waals surface area contributed by atoms with Gasteiger partial charge in [0.15, 0.2) is 5.11 Å². The number of nitrogens with one attached hydrogen (secondary N) is 2. The van der Waals surface area contributed by atoms with Gasteiger partial charge < -0.3 is 15.5 Å². The van der Waals surface area contributed by atoms with Crippen molar-refractivity contribution in [1.82, 2.24) is 10.2 Å². The Kier molecular flexibility index (Phi) is 6.24. The molecule has 1 aromatic carbocycles. The monoisotopic (exact) mass is 313 g/mol. The maximum atomic E-state index is 6.10. The normalized spacial score (nSPS) is 11.6. The molecule has 1 aromatic rings. The Morgan fingerprint density at radius 2 is 2.00 bits per heavy atom. The summed E-state index contributed by atoms with van der Waals surface area (Å²) in [6.45, 7) is 8.22. The van der Waals surface area contributed by atoms with Gasteiger partial charge in [0.25, 0.3) is 0 Å². The molecule has 2 N–H and O–H groups in total. The number of rotatable bonds is 5. The zero-order valence-electron chi connectivity index (χ0n) is 12.9. The van der Waals surface area contributed by atoms with Crippen molar-refractivity contribution in [2.24, 2.45) is 5.41 Å². The number of nitrogens with zero attached hydrogens (tertiary/aromatic N) is 1. The van der Waals surface area contributed by atoms with Crippen molar-refractivity contribution < 1.29 is 0 Å². The van der Waals surface area contributed by atoms with Crippen molar-refractivity contribution in [3.63, 3.8) is 0 Å². The molecule has 0 heterocycles. The van der Waals surface area contributed by atoms with E-state index in [1.807, 2.05) is 25.1 Å². The van der Waals surface area contributed by atoms with Crippen LogP contribution in [0.1, 0.15) is 19.4 Å². The molecule has 5 heteroatoms. The lowest BCUT2D eigenvalue weighted by Crippen LogP contribution is -2.41. The maximum absolute atomic E-state index is 6.10. The van der Waals surface area contributed by atoms with Crippen LogP contribution in [-0.4, -0.2) is 37.2 Å². The van der Waals surface area contributed by atoms with Crippen molar-refractivity contribution in [3.05, 3.63) is 28.8 Å².